The van der Waals surface area contributed by atoms with Crippen LogP contribution in [0.15, 0.2) is 10.7 Å². The van der Waals surface area contributed by atoms with Crippen LogP contribution in [0.25, 0.3) is 0 Å². The fraction of sp³-hybridized carbons (Fsp3) is 0.727. The summed E-state index contributed by atoms with van der Waals surface area (Å²) in [5.41, 5.74) is 0.950. The molecule has 1 aromatic rings. The highest BCUT2D eigenvalue weighted by Gasteiger charge is 2.21. The van der Waals surface area contributed by atoms with E-state index >= 15 is 0 Å². The van der Waals surface area contributed by atoms with Gasteiger partial charge in [0.05, 0.1) is 11.8 Å². The van der Waals surface area contributed by atoms with Crippen molar-refractivity contribution >= 4 is 6.01 Å². The molecule has 1 saturated heterocycles. The maximum atomic E-state index is 5.46. The molecule has 5 heteroatoms. The molecule has 2 heterocycles. The van der Waals surface area contributed by atoms with E-state index in [2.05, 4.69) is 15.2 Å². The van der Waals surface area contributed by atoms with Crippen molar-refractivity contribution in [2.75, 3.05) is 32.1 Å². The average Bonchev–Trinajstić information content (AvgIpc) is 2.78. The van der Waals surface area contributed by atoms with Crippen molar-refractivity contribution in [1.82, 2.24) is 10.3 Å². The predicted octanol–water partition coefficient (Wildman–Crippen LogP) is 1.01. The van der Waals surface area contributed by atoms with Gasteiger partial charge < -0.3 is 19.4 Å². The van der Waals surface area contributed by atoms with Crippen molar-refractivity contribution in [1.29, 1.82) is 0 Å². The third-order valence-corrected chi connectivity index (χ3v) is 2.94. The average molecular weight is 225 g/mol. The summed E-state index contributed by atoms with van der Waals surface area (Å²) in [6.07, 6.45) is 4.19. The Labute approximate surface area is 95.8 Å². The van der Waals surface area contributed by atoms with Gasteiger partial charge in [0.2, 0.25) is 0 Å². The Hall–Kier alpha value is -1.07. The van der Waals surface area contributed by atoms with Crippen LogP contribution in [0, 0.1) is 0 Å². The van der Waals surface area contributed by atoms with Gasteiger partial charge in [0.1, 0.15) is 6.26 Å². The lowest BCUT2D eigenvalue weighted by atomic mass is 10.1. The largest absolute Gasteiger partial charge is 0.432 e. The highest BCUT2D eigenvalue weighted by Crippen LogP contribution is 2.20. The highest BCUT2D eigenvalue weighted by molar-refractivity contribution is 5.27. The van der Waals surface area contributed by atoms with E-state index in [1.54, 1.807) is 13.4 Å². The third kappa shape index (κ3) is 2.54. The number of rotatable bonds is 4. The number of methoxy groups -OCH3 is 1. The monoisotopic (exact) mass is 225 g/mol. The molecular weight excluding hydrogens is 206 g/mol. The van der Waals surface area contributed by atoms with Crippen molar-refractivity contribution in [2.24, 2.45) is 0 Å². The number of anilines is 1. The van der Waals surface area contributed by atoms with Crippen LogP contribution >= 0.6 is 0 Å². The molecule has 5 nitrogen and oxygen atoms in total. The van der Waals surface area contributed by atoms with Gasteiger partial charge >= 0.3 is 0 Å². The fourth-order valence-corrected chi connectivity index (χ4v) is 1.99. The predicted molar refractivity (Wildman–Crippen MR) is 61.5 cm³/mol. The minimum Gasteiger partial charge on any atom is -0.432 e. The van der Waals surface area contributed by atoms with E-state index in [1.807, 2.05) is 7.05 Å². The van der Waals surface area contributed by atoms with Gasteiger partial charge in [0, 0.05) is 26.7 Å². The highest BCUT2D eigenvalue weighted by atomic mass is 16.5. The lowest BCUT2D eigenvalue weighted by Crippen LogP contribution is -2.36. The second kappa shape index (κ2) is 5.32. The summed E-state index contributed by atoms with van der Waals surface area (Å²) in [6.45, 7) is 2.66. The second-order valence-corrected chi connectivity index (χ2v) is 4.07. The van der Waals surface area contributed by atoms with E-state index in [-0.39, 0.29) is 0 Å². The Morgan fingerprint density at radius 3 is 2.94 bits per heavy atom. The van der Waals surface area contributed by atoms with E-state index in [0.717, 1.165) is 44.2 Å². The van der Waals surface area contributed by atoms with Crippen molar-refractivity contribution in [3.05, 3.63) is 12.0 Å². The van der Waals surface area contributed by atoms with E-state index < -0.39 is 0 Å². The summed E-state index contributed by atoms with van der Waals surface area (Å²) >= 11 is 0. The lowest BCUT2D eigenvalue weighted by molar-refractivity contribution is 0.0811. The van der Waals surface area contributed by atoms with Crippen LogP contribution in [-0.4, -0.2) is 38.3 Å². The van der Waals surface area contributed by atoms with E-state index in [4.69, 9.17) is 9.15 Å². The molecule has 1 aromatic heterocycles. The first-order valence-electron chi connectivity index (χ1n) is 5.70. The summed E-state index contributed by atoms with van der Waals surface area (Å²) in [5.74, 6) is 0. The zero-order valence-electron chi connectivity index (χ0n) is 9.90. The first-order chi connectivity index (χ1) is 7.83. The first-order valence-corrected chi connectivity index (χ1v) is 5.70. The zero-order valence-corrected chi connectivity index (χ0v) is 9.90. The number of hydrogen-bond acceptors (Lipinski definition) is 5. The molecule has 0 unspecified atom stereocenters. The van der Waals surface area contributed by atoms with Crippen LogP contribution in [0.4, 0.5) is 6.01 Å². The Bertz CT molecular complexity index is 319. The molecule has 0 bridgehead atoms. The summed E-state index contributed by atoms with van der Waals surface area (Å²) in [6, 6.07) is 0.736. The molecule has 0 aliphatic carbocycles. The van der Waals surface area contributed by atoms with Gasteiger partial charge in [-0.25, -0.2) is 0 Å². The maximum absolute atomic E-state index is 5.46. The van der Waals surface area contributed by atoms with E-state index in [0.29, 0.717) is 6.10 Å². The molecule has 0 amide bonds. The summed E-state index contributed by atoms with van der Waals surface area (Å²) in [7, 11) is 3.68. The molecule has 1 aliphatic rings. The summed E-state index contributed by atoms with van der Waals surface area (Å²) < 4.78 is 10.8. The van der Waals surface area contributed by atoms with Gasteiger partial charge in [-0.15, -0.1) is 0 Å². The topological polar surface area (TPSA) is 50.5 Å². The molecule has 0 radical (unpaired) electrons. The van der Waals surface area contributed by atoms with Crippen molar-refractivity contribution < 1.29 is 9.15 Å². The van der Waals surface area contributed by atoms with Gasteiger partial charge in [-0.2, -0.15) is 4.98 Å². The number of hydrogen-bond donors (Lipinski definition) is 1. The standard InChI is InChI=1S/C11H19N3O2/c1-12-7-9-8-16-11(13-9)14-5-3-10(15-2)4-6-14/h8,10,12H,3-7H2,1-2H3. The number of ether oxygens (including phenoxy) is 1. The van der Waals surface area contributed by atoms with Gasteiger partial charge in [-0.3, -0.25) is 0 Å². The molecule has 1 aliphatic heterocycles. The first kappa shape index (κ1) is 11.4. The molecule has 1 N–H and O–H groups in total. The maximum Gasteiger partial charge on any atom is 0.297 e. The minimum atomic E-state index is 0.392. The van der Waals surface area contributed by atoms with Crippen molar-refractivity contribution in [2.45, 2.75) is 25.5 Å². The Morgan fingerprint density at radius 1 is 1.56 bits per heavy atom. The Balaban J connectivity index is 1.92. The van der Waals surface area contributed by atoms with Gasteiger partial charge in [0.25, 0.3) is 6.01 Å². The zero-order chi connectivity index (χ0) is 11.4. The second-order valence-electron chi connectivity index (χ2n) is 4.07. The normalized spacial score (nSPS) is 18.0. The smallest absolute Gasteiger partial charge is 0.297 e. The lowest BCUT2D eigenvalue weighted by Gasteiger charge is -2.29. The molecule has 90 valence electrons. The summed E-state index contributed by atoms with van der Waals surface area (Å²) in [4.78, 5) is 6.61. The number of aromatic nitrogens is 1. The number of nitrogens with one attached hydrogen (secondary N) is 1. The van der Waals surface area contributed by atoms with Crippen LogP contribution < -0.4 is 10.2 Å². The third-order valence-electron chi connectivity index (χ3n) is 2.94. The molecule has 2 rings (SSSR count). The molecule has 0 saturated carbocycles. The fourth-order valence-electron chi connectivity index (χ4n) is 1.99. The number of piperidine rings is 1. The molecule has 0 atom stereocenters. The van der Waals surface area contributed by atoms with Crippen LogP contribution in [0.1, 0.15) is 18.5 Å². The summed E-state index contributed by atoms with van der Waals surface area (Å²) in [5, 5.41) is 3.06. The van der Waals surface area contributed by atoms with Crippen LogP contribution in [0.5, 0.6) is 0 Å². The van der Waals surface area contributed by atoms with Crippen LogP contribution in [0.3, 0.4) is 0 Å². The molecule has 16 heavy (non-hydrogen) atoms. The van der Waals surface area contributed by atoms with E-state index in [1.165, 1.54) is 0 Å². The van der Waals surface area contributed by atoms with Crippen molar-refractivity contribution in [3.63, 3.8) is 0 Å². The van der Waals surface area contributed by atoms with Crippen molar-refractivity contribution in [3.8, 4) is 0 Å². The molecule has 0 spiro atoms. The van der Waals surface area contributed by atoms with Crippen LogP contribution in [-0.2, 0) is 11.3 Å². The van der Waals surface area contributed by atoms with Gasteiger partial charge in [-0.1, -0.05) is 0 Å². The Morgan fingerprint density at radius 2 is 2.31 bits per heavy atom. The molecule has 1 fully saturated rings. The number of oxazole rings is 1. The molecule has 0 aromatic carbocycles. The number of nitrogens with zero attached hydrogens (tertiary/aromatic N) is 2. The SMILES string of the molecule is CNCc1coc(N2CCC(OC)CC2)n1. The quantitative estimate of drug-likeness (QED) is 0.828. The van der Waals surface area contributed by atoms with Gasteiger partial charge in [-0.05, 0) is 19.9 Å². The van der Waals surface area contributed by atoms with Crippen LogP contribution in [0.2, 0.25) is 0 Å². The minimum absolute atomic E-state index is 0.392. The van der Waals surface area contributed by atoms with E-state index in [9.17, 15) is 0 Å². The van der Waals surface area contributed by atoms with Gasteiger partial charge in [0.15, 0.2) is 0 Å². The molecular formula is C11H19N3O2. The Kier molecular flexibility index (Phi) is 3.79.